The molecule has 0 bridgehead atoms. The minimum absolute atomic E-state index is 0.0164. The fourth-order valence-corrected chi connectivity index (χ4v) is 2.60. The summed E-state index contributed by atoms with van der Waals surface area (Å²) < 4.78 is 5.18. The number of ketones is 1. The summed E-state index contributed by atoms with van der Waals surface area (Å²) in [7, 11) is 1.66. The summed E-state index contributed by atoms with van der Waals surface area (Å²) in [5.41, 5.74) is 2.14. The number of nitrogens with one attached hydrogen (secondary N) is 1. The Morgan fingerprint density at radius 1 is 1.14 bits per heavy atom. The summed E-state index contributed by atoms with van der Waals surface area (Å²) in [6.45, 7) is 0. The van der Waals surface area contributed by atoms with Crippen LogP contribution in [0.3, 0.4) is 0 Å². The first-order valence-corrected chi connectivity index (χ1v) is 7.74. The van der Waals surface area contributed by atoms with Gasteiger partial charge in [0.15, 0.2) is 0 Å². The standard InChI is InChI=1S/C19H21NO2/c1-22-17-11-9-16(10-12-17)20-18(13-19(21)15-7-8-15)14-5-3-2-4-6-14/h2-6,9-12,15,18,20H,7-8,13H2,1H3. The van der Waals surface area contributed by atoms with Gasteiger partial charge >= 0.3 is 0 Å². The molecule has 0 saturated heterocycles. The van der Waals surface area contributed by atoms with E-state index in [9.17, 15) is 4.79 Å². The van der Waals surface area contributed by atoms with Crippen LogP contribution >= 0.6 is 0 Å². The summed E-state index contributed by atoms with van der Waals surface area (Å²) >= 11 is 0. The van der Waals surface area contributed by atoms with Gasteiger partial charge in [-0.2, -0.15) is 0 Å². The van der Waals surface area contributed by atoms with Crippen LogP contribution in [0, 0.1) is 5.92 Å². The second-order valence-electron chi connectivity index (χ2n) is 5.78. The minimum atomic E-state index is 0.0164. The van der Waals surface area contributed by atoms with Crippen molar-refractivity contribution in [2.24, 2.45) is 5.92 Å². The molecule has 1 saturated carbocycles. The maximum absolute atomic E-state index is 12.2. The summed E-state index contributed by atoms with van der Waals surface area (Å²) in [4.78, 5) is 12.2. The van der Waals surface area contributed by atoms with Gasteiger partial charge in [-0.15, -0.1) is 0 Å². The van der Waals surface area contributed by atoms with E-state index in [4.69, 9.17) is 4.74 Å². The molecule has 1 N–H and O–H groups in total. The molecule has 1 unspecified atom stereocenters. The van der Waals surface area contributed by atoms with Crippen molar-refractivity contribution in [2.45, 2.75) is 25.3 Å². The number of hydrogen-bond donors (Lipinski definition) is 1. The van der Waals surface area contributed by atoms with Crippen molar-refractivity contribution < 1.29 is 9.53 Å². The van der Waals surface area contributed by atoms with Crippen LogP contribution in [0.1, 0.15) is 30.9 Å². The van der Waals surface area contributed by atoms with Crippen molar-refractivity contribution in [3.05, 3.63) is 60.2 Å². The Morgan fingerprint density at radius 3 is 2.41 bits per heavy atom. The van der Waals surface area contributed by atoms with Crippen LogP contribution in [0.4, 0.5) is 5.69 Å². The number of Topliss-reactive ketones (excluding diaryl/α,β-unsaturated/α-hetero) is 1. The van der Waals surface area contributed by atoms with Gasteiger partial charge in [-0.3, -0.25) is 4.79 Å². The molecule has 0 heterocycles. The average Bonchev–Trinajstić information content (AvgIpc) is 3.41. The number of ether oxygens (including phenoxy) is 1. The van der Waals surface area contributed by atoms with Gasteiger partial charge in [0, 0.05) is 18.0 Å². The molecule has 1 atom stereocenters. The van der Waals surface area contributed by atoms with Crippen LogP contribution in [-0.2, 0) is 4.79 Å². The predicted molar refractivity (Wildman–Crippen MR) is 88.1 cm³/mol. The van der Waals surface area contributed by atoms with E-state index in [1.54, 1.807) is 7.11 Å². The van der Waals surface area contributed by atoms with E-state index >= 15 is 0 Å². The molecule has 0 spiro atoms. The predicted octanol–water partition coefficient (Wildman–Crippen LogP) is 4.22. The topological polar surface area (TPSA) is 38.3 Å². The van der Waals surface area contributed by atoms with Crippen molar-refractivity contribution in [2.75, 3.05) is 12.4 Å². The second kappa shape index (κ2) is 6.65. The van der Waals surface area contributed by atoms with Crippen LogP contribution < -0.4 is 10.1 Å². The van der Waals surface area contributed by atoms with Gasteiger partial charge in [0.05, 0.1) is 13.2 Å². The smallest absolute Gasteiger partial charge is 0.138 e. The van der Waals surface area contributed by atoms with Crippen molar-refractivity contribution in [3.8, 4) is 5.75 Å². The molecule has 3 rings (SSSR count). The first-order valence-electron chi connectivity index (χ1n) is 7.74. The number of hydrogen-bond acceptors (Lipinski definition) is 3. The molecular formula is C19H21NO2. The average molecular weight is 295 g/mol. The second-order valence-corrected chi connectivity index (χ2v) is 5.78. The zero-order valence-electron chi connectivity index (χ0n) is 12.8. The third-order valence-electron chi connectivity index (χ3n) is 4.07. The zero-order chi connectivity index (χ0) is 15.4. The van der Waals surface area contributed by atoms with Gasteiger partial charge in [-0.1, -0.05) is 30.3 Å². The Labute approximate surface area is 131 Å². The Kier molecular flexibility index (Phi) is 4.42. The number of carbonyl (C=O) groups excluding carboxylic acids is 1. The molecule has 114 valence electrons. The highest BCUT2D eigenvalue weighted by Gasteiger charge is 2.31. The number of methoxy groups -OCH3 is 1. The summed E-state index contributed by atoms with van der Waals surface area (Å²) in [5.74, 6) is 1.50. The third kappa shape index (κ3) is 3.67. The molecule has 0 aromatic heterocycles. The molecule has 3 heteroatoms. The van der Waals surface area contributed by atoms with Crippen molar-refractivity contribution >= 4 is 11.5 Å². The molecule has 1 fully saturated rings. The van der Waals surface area contributed by atoms with Crippen LogP contribution in [0.25, 0.3) is 0 Å². The molecule has 1 aliphatic rings. The van der Waals surface area contributed by atoms with Gasteiger partial charge in [0.25, 0.3) is 0 Å². The van der Waals surface area contributed by atoms with Gasteiger partial charge in [-0.25, -0.2) is 0 Å². The monoisotopic (exact) mass is 295 g/mol. The Balaban J connectivity index is 1.76. The van der Waals surface area contributed by atoms with Crippen molar-refractivity contribution in [1.82, 2.24) is 0 Å². The number of carbonyl (C=O) groups is 1. The molecule has 3 nitrogen and oxygen atoms in total. The van der Waals surface area contributed by atoms with E-state index in [2.05, 4.69) is 17.4 Å². The Morgan fingerprint density at radius 2 is 1.82 bits per heavy atom. The lowest BCUT2D eigenvalue weighted by Gasteiger charge is -2.20. The SMILES string of the molecule is COc1ccc(NC(CC(=O)C2CC2)c2ccccc2)cc1. The quantitative estimate of drug-likeness (QED) is 0.831. The van der Waals surface area contributed by atoms with Gasteiger partial charge in [0.1, 0.15) is 11.5 Å². The van der Waals surface area contributed by atoms with Crippen molar-refractivity contribution in [1.29, 1.82) is 0 Å². The molecule has 2 aromatic carbocycles. The van der Waals surface area contributed by atoms with E-state index in [0.717, 1.165) is 29.8 Å². The molecule has 0 aliphatic heterocycles. The fourth-order valence-electron chi connectivity index (χ4n) is 2.60. The summed E-state index contributed by atoms with van der Waals surface area (Å²) in [6.07, 6.45) is 2.66. The molecule has 2 aromatic rings. The van der Waals surface area contributed by atoms with Crippen LogP contribution in [0.2, 0.25) is 0 Å². The van der Waals surface area contributed by atoms with Gasteiger partial charge in [0.2, 0.25) is 0 Å². The molecule has 0 radical (unpaired) electrons. The fraction of sp³-hybridized carbons (Fsp3) is 0.316. The highest BCUT2D eigenvalue weighted by molar-refractivity contribution is 5.84. The van der Waals surface area contributed by atoms with E-state index in [1.807, 2.05) is 42.5 Å². The number of benzene rings is 2. The van der Waals surface area contributed by atoms with E-state index < -0.39 is 0 Å². The van der Waals surface area contributed by atoms with Gasteiger partial charge in [-0.05, 0) is 42.7 Å². The molecule has 0 amide bonds. The van der Waals surface area contributed by atoms with Crippen LogP contribution in [0.15, 0.2) is 54.6 Å². The maximum Gasteiger partial charge on any atom is 0.138 e. The van der Waals surface area contributed by atoms with E-state index in [1.165, 1.54) is 0 Å². The highest BCUT2D eigenvalue weighted by Crippen LogP contribution is 2.34. The lowest BCUT2D eigenvalue weighted by Crippen LogP contribution is -2.16. The first kappa shape index (κ1) is 14.6. The third-order valence-corrected chi connectivity index (χ3v) is 4.07. The van der Waals surface area contributed by atoms with Gasteiger partial charge < -0.3 is 10.1 Å². The lowest BCUT2D eigenvalue weighted by molar-refractivity contribution is -0.120. The molecule has 1 aliphatic carbocycles. The van der Waals surface area contributed by atoms with E-state index in [0.29, 0.717) is 18.1 Å². The molecule has 22 heavy (non-hydrogen) atoms. The normalized spacial score (nSPS) is 15.1. The Bertz CT molecular complexity index is 618. The zero-order valence-corrected chi connectivity index (χ0v) is 12.8. The van der Waals surface area contributed by atoms with E-state index in [-0.39, 0.29) is 6.04 Å². The Hall–Kier alpha value is -2.29. The highest BCUT2D eigenvalue weighted by atomic mass is 16.5. The van der Waals surface area contributed by atoms with Crippen LogP contribution in [0.5, 0.6) is 5.75 Å². The maximum atomic E-state index is 12.2. The summed E-state index contributed by atoms with van der Waals surface area (Å²) in [5, 5.41) is 3.48. The number of anilines is 1. The first-order chi connectivity index (χ1) is 10.8. The van der Waals surface area contributed by atoms with Crippen molar-refractivity contribution in [3.63, 3.8) is 0 Å². The lowest BCUT2D eigenvalue weighted by atomic mass is 9.99. The van der Waals surface area contributed by atoms with Crippen LogP contribution in [-0.4, -0.2) is 12.9 Å². The summed E-state index contributed by atoms with van der Waals surface area (Å²) in [6, 6.07) is 18.0. The minimum Gasteiger partial charge on any atom is -0.497 e. The number of rotatable bonds is 7. The largest absolute Gasteiger partial charge is 0.497 e. The molecular weight excluding hydrogens is 274 g/mol.